The maximum Gasteiger partial charge on any atom is 0.325 e. The van der Waals surface area contributed by atoms with Gasteiger partial charge in [-0.25, -0.2) is 0 Å². The second-order valence-corrected chi connectivity index (χ2v) is 3.73. The first-order chi connectivity index (χ1) is 7.67. The molecule has 1 N–H and O–H groups in total. The SMILES string of the molecule is CCCC(O)c1ccn(CC(=O)OCC)c1. The topological polar surface area (TPSA) is 51.5 Å². The summed E-state index contributed by atoms with van der Waals surface area (Å²) in [5.41, 5.74) is 0.853. The second kappa shape index (κ2) is 6.33. The molecule has 0 saturated carbocycles. The minimum atomic E-state index is -0.437. The Morgan fingerprint density at radius 2 is 2.31 bits per heavy atom. The van der Waals surface area contributed by atoms with E-state index < -0.39 is 6.10 Å². The van der Waals surface area contributed by atoms with Crippen molar-refractivity contribution in [3.8, 4) is 0 Å². The smallest absolute Gasteiger partial charge is 0.325 e. The Hall–Kier alpha value is -1.29. The monoisotopic (exact) mass is 225 g/mol. The molecule has 0 aromatic carbocycles. The van der Waals surface area contributed by atoms with Crippen molar-refractivity contribution in [3.05, 3.63) is 24.0 Å². The number of nitrogens with zero attached hydrogens (tertiary/aromatic N) is 1. The van der Waals surface area contributed by atoms with Gasteiger partial charge in [0.05, 0.1) is 12.7 Å². The minimum absolute atomic E-state index is 0.201. The van der Waals surface area contributed by atoms with Crippen LogP contribution in [0.4, 0.5) is 0 Å². The average molecular weight is 225 g/mol. The van der Waals surface area contributed by atoms with E-state index in [0.29, 0.717) is 6.61 Å². The van der Waals surface area contributed by atoms with Crippen LogP contribution in [-0.4, -0.2) is 22.2 Å². The summed E-state index contributed by atoms with van der Waals surface area (Å²) in [6, 6.07) is 1.83. The van der Waals surface area contributed by atoms with Crippen molar-refractivity contribution < 1.29 is 14.6 Å². The molecule has 0 aliphatic rings. The maximum absolute atomic E-state index is 11.2. The quantitative estimate of drug-likeness (QED) is 0.752. The lowest BCUT2D eigenvalue weighted by Gasteiger charge is -2.06. The zero-order chi connectivity index (χ0) is 12.0. The first-order valence-electron chi connectivity index (χ1n) is 5.66. The van der Waals surface area contributed by atoms with Crippen LogP contribution in [0, 0.1) is 0 Å². The van der Waals surface area contributed by atoms with Gasteiger partial charge in [0.2, 0.25) is 0 Å². The third-order valence-electron chi connectivity index (χ3n) is 2.34. The van der Waals surface area contributed by atoms with Crippen LogP contribution >= 0.6 is 0 Å². The normalized spacial score (nSPS) is 12.4. The minimum Gasteiger partial charge on any atom is -0.465 e. The highest BCUT2D eigenvalue weighted by Crippen LogP contribution is 2.18. The van der Waals surface area contributed by atoms with Crippen LogP contribution in [0.25, 0.3) is 0 Å². The number of aromatic nitrogens is 1. The highest BCUT2D eigenvalue weighted by molar-refractivity contribution is 5.69. The molecule has 0 saturated heterocycles. The summed E-state index contributed by atoms with van der Waals surface area (Å²) in [5.74, 6) is -0.255. The number of hydrogen-bond donors (Lipinski definition) is 1. The first kappa shape index (κ1) is 12.8. The fraction of sp³-hybridized carbons (Fsp3) is 0.583. The Bertz CT molecular complexity index is 333. The summed E-state index contributed by atoms with van der Waals surface area (Å²) >= 11 is 0. The van der Waals surface area contributed by atoms with E-state index in [4.69, 9.17) is 4.74 Å². The Morgan fingerprint density at radius 1 is 1.56 bits per heavy atom. The molecule has 0 aliphatic heterocycles. The van der Waals surface area contributed by atoms with E-state index in [9.17, 15) is 9.90 Å². The number of esters is 1. The molecule has 0 radical (unpaired) electrons. The van der Waals surface area contributed by atoms with Crippen molar-refractivity contribution >= 4 is 5.97 Å². The van der Waals surface area contributed by atoms with Gasteiger partial charge in [0.25, 0.3) is 0 Å². The van der Waals surface area contributed by atoms with Gasteiger partial charge in [0.15, 0.2) is 0 Å². The molecule has 4 heteroatoms. The van der Waals surface area contributed by atoms with Crippen LogP contribution in [0.5, 0.6) is 0 Å². The van der Waals surface area contributed by atoms with Crippen LogP contribution in [0.2, 0.25) is 0 Å². The van der Waals surface area contributed by atoms with E-state index in [1.807, 2.05) is 13.0 Å². The highest BCUT2D eigenvalue weighted by Gasteiger charge is 2.09. The van der Waals surface area contributed by atoms with Gasteiger partial charge in [-0.2, -0.15) is 0 Å². The average Bonchev–Trinajstić information content (AvgIpc) is 2.67. The van der Waals surface area contributed by atoms with Gasteiger partial charge in [-0.3, -0.25) is 4.79 Å². The molecule has 1 rings (SSSR count). The van der Waals surface area contributed by atoms with E-state index in [1.165, 1.54) is 0 Å². The largest absolute Gasteiger partial charge is 0.465 e. The molecule has 1 atom stereocenters. The lowest BCUT2D eigenvalue weighted by molar-refractivity contribution is -0.143. The zero-order valence-electron chi connectivity index (χ0n) is 9.85. The molecular formula is C12H19NO3. The van der Waals surface area contributed by atoms with Gasteiger partial charge >= 0.3 is 5.97 Å². The molecule has 90 valence electrons. The second-order valence-electron chi connectivity index (χ2n) is 3.73. The number of aliphatic hydroxyl groups excluding tert-OH is 1. The van der Waals surface area contributed by atoms with Crippen LogP contribution in [0.15, 0.2) is 18.5 Å². The van der Waals surface area contributed by atoms with E-state index in [1.54, 1.807) is 23.9 Å². The summed E-state index contributed by atoms with van der Waals surface area (Å²) in [7, 11) is 0. The number of hydrogen-bond acceptors (Lipinski definition) is 3. The molecule has 0 amide bonds. The van der Waals surface area contributed by atoms with Crippen molar-refractivity contribution in [3.63, 3.8) is 0 Å². The summed E-state index contributed by atoms with van der Waals surface area (Å²) < 4.78 is 6.57. The van der Waals surface area contributed by atoms with Crippen molar-refractivity contribution in [2.45, 2.75) is 39.3 Å². The molecule has 0 spiro atoms. The number of aliphatic hydroxyl groups is 1. The van der Waals surface area contributed by atoms with Crippen molar-refractivity contribution in [1.82, 2.24) is 4.57 Å². The Labute approximate surface area is 95.8 Å². The molecule has 1 unspecified atom stereocenters. The molecule has 0 aliphatic carbocycles. The van der Waals surface area contributed by atoms with Gasteiger partial charge in [-0.05, 0) is 25.0 Å². The lowest BCUT2D eigenvalue weighted by atomic mass is 10.1. The van der Waals surface area contributed by atoms with E-state index >= 15 is 0 Å². The number of rotatable bonds is 6. The van der Waals surface area contributed by atoms with Crippen LogP contribution in [0.1, 0.15) is 38.4 Å². The van der Waals surface area contributed by atoms with Crippen molar-refractivity contribution in [1.29, 1.82) is 0 Å². The third-order valence-corrected chi connectivity index (χ3v) is 2.34. The fourth-order valence-electron chi connectivity index (χ4n) is 1.55. The van der Waals surface area contributed by atoms with Crippen LogP contribution in [0.3, 0.4) is 0 Å². The standard InChI is InChI=1S/C12H19NO3/c1-3-5-11(14)10-6-7-13(8-10)9-12(15)16-4-2/h6-8,11,14H,3-5,9H2,1-2H3. The highest BCUT2D eigenvalue weighted by atomic mass is 16.5. The third kappa shape index (κ3) is 3.70. The van der Waals surface area contributed by atoms with Crippen LogP contribution < -0.4 is 0 Å². The van der Waals surface area contributed by atoms with Gasteiger partial charge < -0.3 is 14.4 Å². The number of ether oxygens (including phenoxy) is 1. The molecule has 0 fully saturated rings. The van der Waals surface area contributed by atoms with Crippen molar-refractivity contribution in [2.24, 2.45) is 0 Å². The molecule has 1 aromatic rings. The molecular weight excluding hydrogens is 206 g/mol. The molecule has 1 heterocycles. The summed E-state index contributed by atoms with van der Waals surface area (Å²) in [6.07, 6.45) is 4.81. The summed E-state index contributed by atoms with van der Waals surface area (Å²) in [4.78, 5) is 11.2. The predicted molar refractivity (Wildman–Crippen MR) is 60.9 cm³/mol. The summed E-state index contributed by atoms with van der Waals surface area (Å²) in [6.45, 7) is 4.40. The van der Waals surface area contributed by atoms with Crippen LogP contribution in [-0.2, 0) is 16.1 Å². The van der Waals surface area contributed by atoms with Gasteiger partial charge in [0.1, 0.15) is 6.54 Å². The number of carbonyl (C=O) groups excluding carboxylic acids is 1. The van der Waals surface area contributed by atoms with Gasteiger partial charge in [-0.15, -0.1) is 0 Å². The molecule has 0 bridgehead atoms. The summed E-state index contributed by atoms with van der Waals surface area (Å²) in [5, 5.41) is 9.74. The van der Waals surface area contributed by atoms with E-state index in [-0.39, 0.29) is 12.5 Å². The maximum atomic E-state index is 11.2. The van der Waals surface area contributed by atoms with E-state index in [2.05, 4.69) is 0 Å². The lowest BCUT2D eigenvalue weighted by Crippen LogP contribution is -2.12. The van der Waals surface area contributed by atoms with Crippen molar-refractivity contribution in [2.75, 3.05) is 6.61 Å². The number of carbonyl (C=O) groups is 1. The van der Waals surface area contributed by atoms with Gasteiger partial charge in [-0.1, -0.05) is 13.3 Å². The zero-order valence-corrected chi connectivity index (χ0v) is 9.85. The predicted octanol–water partition coefficient (Wildman–Crippen LogP) is 1.88. The van der Waals surface area contributed by atoms with E-state index in [0.717, 1.165) is 18.4 Å². The Kier molecular flexibility index (Phi) is 5.05. The molecule has 16 heavy (non-hydrogen) atoms. The van der Waals surface area contributed by atoms with Gasteiger partial charge in [0, 0.05) is 12.4 Å². The first-order valence-corrected chi connectivity index (χ1v) is 5.66. The Morgan fingerprint density at radius 3 is 2.94 bits per heavy atom. The molecule has 4 nitrogen and oxygen atoms in total. The Balaban J connectivity index is 2.54. The fourth-order valence-corrected chi connectivity index (χ4v) is 1.55. The molecule has 1 aromatic heterocycles.